The molecule has 1 aromatic rings. The van der Waals surface area contributed by atoms with Crippen LogP contribution in [0, 0.1) is 0 Å². The van der Waals surface area contributed by atoms with Gasteiger partial charge in [0.2, 0.25) is 5.91 Å². The molecule has 0 saturated carbocycles. The summed E-state index contributed by atoms with van der Waals surface area (Å²) in [5.41, 5.74) is 1.32. The minimum atomic E-state index is -0.493. The first-order valence-electron chi connectivity index (χ1n) is 5.75. The average molecular weight is 253 g/mol. The van der Waals surface area contributed by atoms with Crippen molar-refractivity contribution in [3.05, 3.63) is 22.4 Å². The number of unbranched alkanes of at least 4 members (excludes halogenated alkanes) is 1. The summed E-state index contributed by atoms with van der Waals surface area (Å²) in [6.07, 6.45) is 2.73. The molecular formula is C12H15NO3S. The van der Waals surface area contributed by atoms with Crippen molar-refractivity contribution in [3.63, 3.8) is 0 Å². The Labute approximate surface area is 104 Å². The molecule has 0 atom stereocenters. The minimum absolute atomic E-state index is 0.113. The molecule has 0 aromatic carbocycles. The van der Waals surface area contributed by atoms with Crippen molar-refractivity contribution in [1.29, 1.82) is 0 Å². The van der Waals surface area contributed by atoms with Gasteiger partial charge in [0, 0.05) is 6.42 Å². The van der Waals surface area contributed by atoms with E-state index in [4.69, 9.17) is 4.74 Å². The predicted octanol–water partition coefficient (Wildman–Crippen LogP) is 2.44. The average Bonchev–Trinajstić information content (AvgIpc) is 2.95. The van der Waals surface area contributed by atoms with E-state index in [1.54, 1.807) is 11.3 Å². The Morgan fingerprint density at radius 1 is 1.47 bits per heavy atom. The van der Waals surface area contributed by atoms with Gasteiger partial charge in [0.05, 0.1) is 6.54 Å². The zero-order valence-electron chi connectivity index (χ0n) is 9.55. The normalized spacial score (nSPS) is 15.1. The Morgan fingerprint density at radius 2 is 2.35 bits per heavy atom. The first-order valence-corrected chi connectivity index (χ1v) is 6.70. The van der Waals surface area contributed by atoms with E-state index in [-0.39, 0.29) is 5.91 Å². The molecule has 1 aliphatic rings. The first kappa shape index (κ1) is 12.1. The second-order valence-electron chi connectivity index (χ2n) is 4.00. The van der Waals surface area contributed by atoms with Crippen molar-refractivity contribution in [2.24, 2.45) is 0 Å². The molecule has 0 bridgehead atoms. The van der Waals surface area contributed by atoms with Crippen LogP contribution in [0.3, 0.4) is 0 Å². The van der Waals surface area contributed by atoms with Crippen LogP contribution in [-0.4, -0.2) is 30.1 Å². The standard InChI is InChI=1S/C12H15NO3S/c14-11(13-6-7-16-12(13)15)4-2-1-3-10-5-8-17-9-10/h5,8-9H,1-4,6-7H2. The number of cyclic esters (lactones) is 1. The summed E-state index contributed by atoms with van der Waals surface area (Å²) in [7, 11) is 0. The number of imide groups is 1. The number of carbonyl (C=O) groups is 2. The molecule has 2 amide bonds. The third kappa shape index (κ3) is 3.30. The molecule has 1 fully saturated rings. The number of carbonyl (C=O) groups excluding carboxylic acids is 2. The van der Waals surface area contributed by atoms with Crippen molar-refractivity contribution < 1.29 is 14.3 Å². The molecule has 0 radical (unpaired) electrons. The van der Waals surface area contributed by atoms with E-state index < -0.39 is 6.09 Å². The maximum absolute atomic E-state index is 11.6. The molecule has 2 rings (SSSR count). The van der Waals surface area contributed by atoms with Gasteiger partial charge in [-0.15, -0.1) is 0 Å². The van der Waals surface area contributed by atoms with Gasteiger partial charge in [-0.3, -0.25) is 4.79 Å². The lowest BCUT2D eigenvalue weighted by atomic mass is 10.1. The zero-order valence-corrected chi connectivity index (χ0v) is 10.4. The van der Waals surface area contributed by atoms with E-state index >= 15 is 0 Å². The molecule has 0 unspecified atom stereocenters. The molecule has 1 aliphatic heterocycles. The largest absolute Gasteiger partial charge is 0.447 e. The second-order valence-corrected chi connectivity index (χ2v) is 4.78. The van der Waals surface area contributed by atoms with Crippen LogP contribution in [0.5, 0.6) is 0 Å². The van der Waals surface area contributed by atoms with E-state index in [2.05, 4.69) is 16.8 Å². The lowest BCUT2D eigenvalue weighted by Gasteiger charge is -2.09. The quantitative estimate of drug-likeness (QED) is 0.757. The molecule has 0 aliphatic carbocycles. The number of ether oxygens (including phenoxy) is 1. The number of rotatable bonds is 5. The summed E-state index contributed by atoms with van der Waals surface area (Å²) in [5.74, 6) is -0.113. The summed E-state index contributed by atoms with van der Waals surface area (Å²) >= 11 is 1.69. The SMILES string of the molecule is O=C(CCCCc1ccsc1)N1CCOC1=O. The van der Waals surface area contributed by atoms with Crippen LogP contribution in [0.15, 0.2) is 16.8 Å². The van der Waals surface area contributed by atoms with Crippen LogP contribution in [-0.2, 0) is 16.0 Å². The summed E-state index contributed by atoms with van der Waals surface area (Å²) in [5, 5.41) is 4.18. The molecule has 92 valence electrons. The molecule has 4 nitrogen and oxygen atoms in total. The van der Waals surface area contributed by atoms with Crippen LogP contribution in [0.2, 0.25) is 0 Å². The van der Waals surface area contributed by atoms with Crippen molar-refractivity contribution in [2.75, 3.05) is 13.2 Å². The van der Waals surface area contributed by atoms with Crippen molar-refractivity contribution >= 4 is 23.3 Å². The van der Waals surface area contributed by atoms with E-state index in [0.29, 0.717) is 19.6 Å². The molecule has 5 heteroatoms. The summed E-state index contributed by atoms with van der Waals surface area (Å²) in [6, 6.07) is 2.10. The van der Waals surface area contributed by atoms with Gasteiger partial charge in [-0.1, -0.05) is 0 Å². The Balaban J connectivity index is 1.65. The molecule has 1 aromatic heterocycles. The molecular weight excluding hydrogens is 238 g/mol. The van der Waals surface area contributed by atoms with Crippen molar-refractivity contribution in [3.8, 4) is 0 Å². The van der Waals surface area contributed by atoms with Crippen LogP contribution in [0.4, 0.5) is 4.79 Å². The van der Waals surface area contributed by atoms with E-state index in [1.165, 1.54) is 10.5 Å². The minimum Gasteiger partial charge on any atom is -0.447 e. The van der Waals surface area contributed by atoms with Gasteiger partial charge >= 0.3 is 6.09 Å². The van der Waals surface area contributed by atoms with Gasteiger partial charge in [0.1, 0.15) is 6.61 Å². The van der Waals surface area contributed by atoms with E-state index in [0.717, 1.165) is 19.3 Å². The highest BCUT2D eigenvalue weighted by Gasteiger charge is 2.27. The third-order valence-corrected chi connectivity index (χ3v) is 3.48. The Morgan fingerprint density at radius 3 is 3.00 bits per heavy atom. The second kappa shape index (κ2) is 5.82. The fraction of sp³-hybridized carbons (Fsp3) is 0.500. The number of aryl methyl sites for hydroxylation is 1. The van der Waals surface area contributed by atoms with Gasteiger partial charge in [-0.25, -0.2) is 9.69 Å². The highest BCUT2D eigenvalue weighted by Crippen LogP contribution is 2.12. The lowest BCUT2D eigenvalue weighted by molar-refractivity contribution is -0.127. The number of amides is 2. The number of thiophene rings is 1. The summed E-state index contributed by atoms with van der Waals surface area (Å²) < 4.78 is 4.72. The highest BCUT2D eigenvalue weighted by molar-refractivity contribution is 7.07. The molecule has 17 heavy (non-hydrogen) atoms. The fourth-order valence-electron chi connectivity index (χ4n) is 1.80. The predicted molar refractivity (Wildman–Crippen MR) is 64.9 cm³/mol. The van der Waals surface area contributed by atoms with Crippen LogP contribution >= 0.6 is 11.3 Å². The monoisotopic (exact) mass is 253 g/mol. The number of hydrogen-bond donors (Lipinski definition) is 0. The fourth-order valence-corrected chi connectivity index (χ4v) is 2.50. The smallest absolute Gasteiger partial charge is 0.416 e. The van der Waals surface area contributed by atoms with Crippen LogP contribution < -0.4 is 0 Å². The van der Waals surface area contributed by atoms with Crippen LogP contribution in [0.25, 0.3) is 0 Å². The molecule has 1 saturated heterocycles. The van der Waals surface area contributed by atoms with Crippen molar-refractivity contribution in [2.45, 2.75) is 25.7 Å². The Bertz CT molecular complexity index is 388. The van der Waals surface area contributed by atoms with E-state index in [1.807, 2.05) is 0 Å². The highest BCUT2D eigenvalue weighted by atomic mass is 32.1. The molecule has 0 N–H and O–H groups in total. The zero-order chi connectivity index (χ0) is 12.1. The van der Waals surface area contributed by atoms with Crippen LogP contribution in [0.1, 0.15) is 24.8 Å². The summed E-state index contributed by atoms with van der Waals surface area (Å²) in [6.45, 7) is 0.738. The van der Waals surface area contributed by atoms with Crippen molar-refractivity contribution in [1.82, 2.24) is 4.90 Å². The molecule has 2 heterocycles. The summed E-state index contributed by atoms with van der Waals surface area (Å²) in [4.78, 5) is 24.0. The Kier molecular flexibility index (Phi) is 4.14. The lowest BCUT2D eigenvalue weighted by Crippen LogP contribution is -2.31. The Hall–Kier alpha value is -1.36. The third-order valence-electron chi connectivity index (χ3n) is 2.75. The van der Waals surface area contributed by atoms with Gasteiger partial charge in [-0.05, 0) is 41.7 Å². The van der Waals surface area contributed by atoms with Gasteiger partial charge in [0.25, 0.3) is 0 Å². The van der Waals surface area contributed by atoms with Gasteiger partial charge in [-0.2, -0.15) is 11.3 Å². The topological polar surface area (TPSA) is 46.6 Å². The number of hydrogen-bond acceptors (Lipinski definition) is 4. The van der Waals surface area contributed by atoms with Gasteiger partial charge < -0.3 is 4.74 Å². The first-order chi connectivity index (χ1) is 8.27. The van der Waals surface area contributed by atoms with E-state index in [9.17, 15) is 9.59 Å². The maximum atomic E-state index is 11.6. The maximum Gasteiger partial charge on any atom is 0.416 e. The number of nitrogens with zero attached hydrogens (tertiary/aromatic N) is 1. The molecule has 0 spiro atoms. The van der Waals surface area contributed by atoms with Gasteiger partial charge in [0.15, 0.2) is 0 Å².